The van der Waals surface area contributed by atoms with Crippen LogP contribution in [-0.4, -0.2) is 57.6 Å². The molecule has 2 saturated heterocycles. The highest BCUT2D eigenvalue weighted by molar-refractivity contribution is 5.69. The van der Waals surface area contributed by atoms with Crippen molar-refractivity contribution in [3.8, 4) is 0 Å². The number of anilines is 1. The van der Waals surface area contributed by atoms with Crippen LogP contribution < -0.4 is 10.6 Å². The monoisotopic (exact) mass is 403 g/mol. The number of carbonyl (C=O) groups excluding carboxylic acids is 1. The van der Waals surface area contributed by atoms with Crippen molar-refractivity contribution >= 4 is 11.9 Å². The van der Waals surface area contributed by atoms with Crippen LogP contribution in [0.2, 0.25) is 0 Å². The summed E-state index contributed by atoms with van der Waals surface area (Å²) in [7, 11) is 0. The van der Waals surface area contributed by atoms with E-state index in [1.54, 1.807) is 0 Å². The van der Waals surface area contributed by atoms with Crippen molar-refractivity contribution in [1.29, 1.82) is 0 Å². The van der Waals surface area contributed by atoms with Crippen molar-refractivity contribution < 1.29 is 9.53 Å². The average Bonchev–Trinajstić information content (AvgIpc) is 2.82. The van der Waals surface area contributed by atoms with E-state index in [4.69, 9.17) is 15.6 Å². The molecule has 1 spiro atoms. The molecule has 1 aliphatic carbocycles. The summed E-state index contributed by atoms with van der Waals surface area (Å²) >= 11 is 0. The largest absolute Gasteiger partial charge is 0.444 e. The van der Waals surface area contributed by atoms with E-state index in [-0.39, 0.29) is 23.1 Å². The average molecular weight is 404 g/mol. The number of piperidine rings is 1. The van der Waals surface area contributed by atoms with Crippen molar-refractivity contribution in [1.82, 2.24) is 14.7 Å². The number of carbonyl (C=O) groups is 1. The molecule has 1 unspecified atom stereocenters. The van der Waals surface area contributed by atoms with Gasteiger partial charge in [0.15, 0.2) is 5.82 Å². The second-order valence-corrected chi connectivity index (χ2v) is 11.2. The normalized spacial score (nSPS) is 26.2. The number of nitrogens with two attached hydrogens (primary N) is 1. The maximum Gasteiger partial charge on any atom is 0.410 e. The van der Waals surface area contributed by atoms with Crippen LogP contribution in [0.3, 0.4) is 0 Å². The van der Waals surface area contributed by atoms with Crippen LogP contribution in [0.4, 0.5) is 10.6 Å². The maximum atomic E-state index is 12.2. The molecular weight excluding hydrogens is 366 g/mol. The summed E-state index contributed by atoms with van der Waals surface area (Å²) in [6, 6.07) is 2.93. The molecule has 2 aliphatic heterocycles. The summed E-state index contributed by atoms with van der Waals surface area (Å²) in [6.45, 7) is 15.0. The molecule has 1 saturated carbocycles. The van der Waals surface area contributed by atoms with Crippen LogP contribution in [0.15, 0.2) is 6.07 Å². The summed E-state index contributed by atoms with van der Waals surface area (Å²) in [5, 5.41) is 5.00. The van der Waals surface area contributed by atoms with Gasteiger partial charge in [0.05, 0.1) is 6.04 Å². The van der Waals surface area contributed by atoms with E-state index >= 15 is 0 Å². The molecule has 3 aliphatic rings. The van der Waals surface area contributed by atoms with Crippen molar-refractivity contribution in [2.24, 2.45) is 11.1 Å². The lowest BCUT2D eigenvalue weighted by molar-refractivity contribution is -0.0930. The van der Waals surface area contributed by atoms with E-state index in [0.717, 1.165) is 51.1 Å². The zero-order chi connectivity index (χ0) is 21.2. The predicted octanol–water partition coefficient (Wildman–Crippen LogP) is 3.47. The minimum atomic E-state index is -0.434. The van der Waals surface area contributed by atoms with Gasteiger partial charge in [-0.25, -0.2) is 4.79 Å². The van der Waals surface area contributed by atoms with Crippen LogP contribution >= 0.6 is 0 Å². The molecule has 162 valence electrons. The topological polar surface area (TPSA) is 76.6 Å². The summed E-state index contributed by atoms with van der Waals surface area (Å²) in [5.41, 5.74) is 7.27. The Bertz CT molecular complexity index is 780. The minimum Gasteiger partial charge on any atom is -0.444 e. The molecule has 7 heteroatoms. The molecule has 7 nitrogen and oxygen atoms in total. The third-order valence-corrected chi connectivity index (χ3v) is 6.79. The standard InChI is InChI=1S/C22H37N5O2/c1-15-9-18(26-8-7-16(23)10-21(26,5)6)24-27(15)17-11-22(12-17)13-25(14-22)19(28)29-20(2,3)4/h9,16-17H,7-8,10-14,23H2,1-6H3. The molecule has 1 amide bonds. The van der Waals surface area contributed by atoms with Gasteiger partial charge in [0, 0.05) is 48.4 Å². The first-order chi connectivity index (χ1) is 13.4. The Kier molecular flexibility index (Phi) is 4.68. The fourth-order valence-electron chi connectivity index (χ4n) is 5.44. The van der Waals surface area contributed by atoms with Crippen molar-refractivity contribution in [2.45, 2.75) is 90.4 Å². The summed E-state index contributed by atoms with van der Waals surface area (Å²) in [6.07, 6.45) is 3.99. The summed E-state index contributed by atoms with van der Waals surface area (Å²) < 4.78 is 7.70. The SMILES string of the molecule is Cc1cc(N2CCC(N)CC2(C)C)nn1C1CC2(C1)CN(C(=O)OC(C)(C)C)C2. The molecule has 3 heterocycles. The fraction of sp³-hybridized carbons (Fsp3) is 0.818. The Morgan fingerprint density at radius 2 is 1.90 bits per heavy atom. The van der Waals surface area contributed by atoms with Gasteiger partial charge >= 0.3 is 6.09 Å². The summed E-state index contributed by atoms with van der Waals surface area (Å²) in [4.78, 5) is 16.5. The second-order valence-electron chi connectivity index (χ2n) is 11.2. The van der Waals surface area contributed by atoms with Crippen LogP contribution in [0.25, 0.3) is 0 Å². The van der Waals surface area contributed by atoms with Gasteiger partial charge in [-0.15, -0.1) is 0 Å². The Labute approximate surface area is 174 Å². The number of likely N-dealkylation sites (tertiary alicyclic amines) is 1. The van der Waals surface area contributed by atoms with Gasteiger partial charge in [-0.05, 0) is 67.2 Å². The maximum absolute atomic E-state index is 12.2. The first-order valence-electron chi connectivity index (χ1n) is 10.9. The Balaban J connectivity index is 1.36. The van der Waals surface area contributed by atoms with Crippen LogP contribution in [-0.2, 0) is 4.74 Å². The number of aromatic nitrogens is 2. The summed E-state index contributed by atoms with van der Waals surface area (Å²) in [5.74, 6) is 1.07. The number of ether oxygens (including phenoxy) is 1. The second kappa shape index (κ2) is 6.62. The van der Waals surface area contributed by atoms with Gasteiger partial charge in [0.2, 0.25) is 0 Å². The predicted molar refractivity (Wildman–Crippen MR) is 114 cm³/mol. The van der Waals surface area contributed by atoms with Gasteiger partial charge in [0.1, 0.15) is 5.60 Å². The Morgan fingerprint density at radius 1 is 1.24 bits per heavy atom. The molecule has 29 heavy (non-hydrogen) atoms. The number of hydrogen-bond acceptors (Lipinski definition) is 5. The number of rotatable bonds is 2. The Hall–Kier alpha value is -1.76. The highest BCUT2D eigenvalue weighted by atomic mass is 16.6. The quantitative estimate of drug-likeness (QED) is 0.818. The highest BCUT2D eigenvalue weighted by Gasteiger charge is 2.55. The number of amides is 1. The first kappa shape index (κ1) is 20.5. The van der Waals surface area contributed by atoms with Crippen LogP contribution in [0.5, 0.6) is 0 Å². The van der Waals surface area contributed by atoms with Gasteiger partial charge in [0.25, 0.3) is 0 Å². The highest BCUT2D eigenvalue weighted by Crippen LogP contribution is 2.54. The zero-order valence-corrected chi connectivity index (χ0v) is 18.9. The molecule has 0 radical (unpaired) electrons. The number of aryl methyl sites for hydroxylation is 1. The molecule has 4 rings (SSSR count). The lowest BCUT2D eigenvalue weighted by Gasteiger charge is -2.58. The molecule has 1 atom stereocenters. The number of hydrogen-bond donors (Lipinski definition) is 1. The van der Waals surface area contributed by atoms with Crippen molar-refractivity contribution in [3.05, 3.63) is 11.8 Å². The first-order valence-corrected chi connectivity index (χ1v) is 10.9. The molecule has 3 fully saturated rings. The molecule has 0 bridgehead atoms. The third kappa shape index (κ3) is 3.86. The van der Waals surface area contributed by atoms with Gasteiger partial charge in [-0.3, -0.25) is 4.68 Å². The number of nitrogens with zero attached hydrogens (tertiary/aromatic N) is 4. The lowest BCUT2D eigenvalue weighted by atomic mass is 9.61. The van der Waals surface area contributed by atoms with E-state index in [1.165, 1.54) is 5.69 Å². The smallest absolute Gasteiger partial charge is 0.410 e. The zero-order valence-electron chi connectivity index (χ0n) is 18.9. The van der Waals surface area contributed by atoms with Gasteiger partial charge < -0.3 is 20.3 Å². The van der Waals surface area contributed by atoms with Gasteiger partial charge in [-0.1, -0.05) is 0 Å². The van der Waals surface area contributed by atoms with E-state index in [2.05, 4.69) is 36.4 Å². The molecule has 1 aromatic heterocycles. The Morgan fingerprint density at radius 3 is 2.48 bits per heavy atom. The van der Waals surface area contributed by atoms with E-state index in [9.17, 15) is 4.79 Å². The minimum absolute atomic E-state index is 0.0337. The molecule has 0 aromatic carbocycles. The van der Waals surface area contributed by atoms with Crippen molar-refractivity contribution in [2.75, 3.05) is 24.5 Å². The van der Waals surface area contributed by atoms with Crippen LogP contribution in [0.1, 0.15) is 72.0 Å². The molecular formula is C22H37N5O2. The van der Waals surface area contributed by atoms with Crippen LogP contribution in [0, 0.1) is 12.3 Å². The molecule has 1 aromatic rings. The van der Waals surface area contributed by atoms with Gasteiger partial charge in [-0.2, -0.15) is 5.10 Å². The lowest BCUT2D eigenvalue weighted by Crippen LogP contribution is -2.64. The van der Waals surface area contributed by atoms with E-state index in [1.807, 2.05) is 25.7 Å². The third-order valence-electron chi connectivity index (χ3n) is 6.79. The van der Waals surface area contributed by atoms with E-state index < -0.39 is 5.60 Å². The fourth-order valence-corrected chi connectivity index (χ4v) is 5.44. The van der Waals surface area contributed by atoms with E-state index in [0.29, 0.717) is 6.04 Å². The van der Waals surface area contributed by atoms with Crippen molar-refractivity contribution in [3.63, 3.8) is 0 Å². The molecule has 2 N–H and O–H groups in total.